The normalized spacial score (nSPS) is 22.0. The standard InChI is InChI=1S/C14H21N3O4/c1-8(2)11-6-12(16-15-11)14(20)17-7-10(21-3)4-9(17)5-13(18)19/h6,8-10H,4-5,7H2,1-3H3,(H,15,16)(H,18,19). The second kappa shape index (κ2) is 6.26. The largest absolute Gasteiger partial charge is 0.481 e. The summed E-state index contributed by atoms with van der Waals surface area (Å²) in [5.41, 5.74) is 1.21. The molecule has 1 aliphatic rings. The molecule has 1 aromatic heterocycles. The highest BCUT2D eigenvalue weighted by atomic mass is 16.5. The molecule has 0 bridgehead atoms. The van der Waals surface area contributed by atoms with Gasteiger partial charge >= 0.3 is 5.97 Å². The molecule has 2 rings (SSSR count). The van der Waals surface area contributed by atoms with Crippen LogP contribution in [0, 0.1) is 0 Å². The van der Waals surface area contributed by atoms with Gasteiger partial charge in [0.25, 0.3) is 5.91 Å². The third-order valence-corrected chi connectivity index (χ3v) is 3.82. The van der Waals surface area contributed by atoms with Crippen molar-refractivity contribution in [3.63, 3.8) is 0 Å². The lowest BCUT2D eigenvalue weighted by Gasteiger charge is -2.22. The predicted octanol–water partition coefficient (Wildman–Crippen LogP) is 1.24. The first-order valence-corrected chi connectivity index (χ1v) is 7.03. The van der Waals surface area contributed by atoms with E-state index in [2.05, 4.69) is 10.2 Å². The van der Waals surface area contributed by atoms with E-state index in [0.717, 1.165) is 5.69 Å². The maximum Gasteiger partial charge on any atom is 0.305 e. The summed E-state index contributed by atoms with van der Waals surface area (Å²) in [7, 11) is 1.57. The van der Waals surface area contributed by atoms with Crippen LogP contribution in [0.4, 0.5) is 0 Å². The lowest BCUT2D eigenvalue weighted by molar-refractivity contribution is -0.137. The van der Waals surface area contributed by atoms with E-state index in [1.54, 1.807) is 18.1 Å². The molecule has 1 fully saturated rings. The second-order valence-electron chi connectivity index (χ2n) is 5.67. The Balaban J connectivity index is 2.16. The van der Waals surface area contributed by atoms with Crippen LogP contribution in [-0.4, -0.2) is 57.9 Å². The van der Waals surface area contributed by atoms with E-state index >= 15 is 0 Å². The number of likely N-dealkylation sites (tertiary alicyclic amines) is 1. The summed E-state index contributed by atoms with van der Waals surface area (Å²) in [5.74, 6) is -0.914. The molecule has 1 saturated heterocycles. The van der Waals surface area contributed by atoms with Crippen molar-refractivity contribution in [2.75, 3.05) is 13.7 Å². The van der Waals surface area contributed by atoms with Crippen molar-refractivity contribution in [2.45, 2.75) is 44.8 Å². The van der Waals surface area contributed by atoms with Crippen molar-refractivity contribution in [3.8, 4) is 0 Å². The summed E-state index contributed by atoms with van der Waals surface area (Å²) in [6.45, 7) is 4.41. The number of hydrogen-bond donors (Lipinski definition) is 2. The van der Waals surface area contributed by atoms with Gasteiger partial charge in [-0.3, -0.25) is 14.7 Å². The number of methoxy groups -OCH3 is 1. The molecule has 0 spiro atoms. The van der Waals surface area contributed by atoms with Crippen molar-refractivity contribution in [1.29, 1.82) is 0 Å². The number of aromatic amines is 1. The van der Waals surface area contributed by atoms with Crippen LogP contribution in [-0.2, 0) is 9.53 Å². The van der Waals surface area contributed by atoms with Gasteiger partial charge in [0.05, 0.1) is 12.5 Å². The van der Waals surface area contributed by atoms with Crippen LogP contribution in [0.25, 0.3) is 0 Å². The number of carbonyl (C=O) groups is 2. The number of aromatic nitrogens is 2. The van der Waals surface area contributed by atoms with Gasteiger partial charge < -0.3 is 14.7 Å². The van der Waals surface area contributed by atoms with E-state index in [9.17, 15) is 9.59 Å². The van der Waals surface area contributed by atoms with Gasteiger partial charge in [-0.15, -0.1) is 0 Å². The van der Waals surface area contributed by atoms with Crippen LogP contribution in [0.2, 0.25) is 0 Å². The van der Waals surface area contributed by atoms with Crippen molar-refractivity contribution in [3.05, 3.63) is 17.5 Å². The smallest absolute Gasteiger partial charge is 0.305 e. The van der Waals surface area contributed by atoms with Gasteiger partial charge in [-0.1, -0.05) is 13.8 Å². The number of carboxylic acid groups (broad SMARTS) is 1. The minimum absolute atomic E-state index is 0.0763. The minimum atomic E-state index is -0.917. The summed E-state index contributed by atoms with van der Waals surface area (Å²) in [6.07, 6.45) is 0.338. The number of amides is 1. The molecule has 0 radical (unpaired) electrons. The highest BCUT2D eigenvalue weighted by Gasteiger charge is 2.37. The number of nitrogens with one attached hydrogen (secondary N) is 1. The summed E-state index contributed by atoms with van der Waals surface area (Å²) < 4.78 is 5.27. The number of carboxylic acids is 1. The third kappa shape index (κ3) is 3.41. The van der Waals surface area contributed by atoms with Crippen LogP contribution < -0.4 is 0 Å². The van der Waals surface area contributed by atoms with Crippen LogP contribution in [0.5, 0.6) is 0 Å². The van der Waals surface area contributed by atoms with Crippen molar-refractivity contribution >= 4 is 11.9 Å². The molecule has 1 aliphatic heterocycles. The Bertz CT molecular complexity index is 526. The number of aliphatic carboxylic acids is 1. The molecule has 0 aliphatic carbocycles. The van der Waals surface area contributed by atoms with E-state index in [-0.39, 0.29) is 30.4 Å². The van der Waals surface area contributed by atoms with Gasteiger partial charge in [0.1, 0.15) is 5.69 Å². The number of carbonyl (C=O) groups excluding carboxylic acids is 1. The van der Waals surface area contributed by atoms with E-state index in [4.69, 9.17) is 9.84 Å². The minimum Gasteiger partial charge on any atom is -0.481 e. The SMILES string of the molecule is COC1CC(CC(=O)O)N(C(=O)c2cc(C(C)C)[nH]n2)C1. The van der Waals surface area contributed by atoms with Gasteiger partial charge in [-0.2, -0.15) is 5.10 Å². The zero-order chi connectivity index (χ0) is 15.6. The van der Waals surface area contributed by atoms with Crippen molar-refractivity contribution in [1.82, 2.24) is 15.1 Å². The maximum atomic E-state index is 12.5. The summed E-state index contributed by atoms with van der Waals surface area (Å²) in [6, 6.07) is 1.38. The number of ether oxygens (including phenoxy) is 1. The maximum absolute atomic E-state index is 12.5. The van der Waals surface area contributed by atoms with E-state index in [1.165, 1.54) is 0 Å². The topological polar surface area (TPSA) is 95.5 Å². The van der Waals surface area contributed by atoms with Gasteiger partial charge in [-0.25, -0.2) is 0 Å². The molecule has 21 heavy (non-hydrogen) atoms. The fourth-order valence-corrected chi connectivity index (χ4v) is 2.58. The monoisotopic (exact) mass is 295 g/mol. The summed E-state index contributed by atoms with van der Waals surface area (Å²) in [5, 5.41) is 15.9. The Labute approximate surface area is 123 Å². The number of rotatable bonds is 5. The van der Waals surface area contributed by atoms with E-state index < -0.39 is 5.97 Å². The first-order valence-electron chi connectivity index (χ1n) is 7.03. The first-order chi connectivity index (χ1) is 9.92. The first kappa shape index (κ1) is 15.5. The van der Waals surface area contributed by atoms with Crippen LogP contribution in [0.15, 0.2) is 6.07 Å². The molecule has 2 N–H and O–H groups in total. The highest BCUT2D eigenvalue weighted by molar-refractivity contribution is 5.93. The molecule has 2 heterocycles. The Kier molecular flexibility index (Phi) is 4.62. The molecule has 1 amide bonds. The van der Waals surface area contributed by atoms with Crippen molar-refractivity contribution < 1.29 is 19.4 Å². The van der Waals surface area contributed by atoms with E-state index in [1.807, 2.05) is 13.8 Å². The molecule has 0 aromatic carbocycles. The van der Waals surface area contributed by atoms with Crippen LogP contribution in [0.3, 0.4) is 0 Å². The lowest BCUT2D eigenvalue weighted by atomic mass is 10.1. The van der Waals surface area contributed by atoms with Gasteiger partial charge in [0, 0.05) is 25.4 Å². The van der Waals surface area contributed by atoms with Crippen LogP contribution in [0.1, 0.15) is 48.8 Å². The Morgan fingerprint density at radius 2 is 2.29 bits per heavy atom. The fraction of sp³-hybridized carbons (Fsp3) is 0.643. The van der Waals surface area contributed by atoms with Crippen LogP contribution >= 0.6 is 0 Å². The van der Waals surface area contributed by atoms with Gasteiger partial charge in [0.2, 0.25) is 0 Å². The molecule has 116 valence electrons. The molecular formula is C14H21N3O4. The predicted molar refractivity (Wildman–Crippen MR) is 75.2 cm³/mol. The third-order valence-electron chi connectivity index (χ3n) is 3.82. The zero-order valence-corrected chi connectivity index (χ0v) is 12.5. The molecule has 0 saturated carbocycles. The fourth-order valence-electron chi connectivity index (χ4n) is 2.58. The highest BCUT2D eigenvalue weighted by Crippen LogP contribution is 2.25. The van der Waals surface area contributed by atoms with Crippen molar-refractivity contribution in [2.24, 2.45) is 0 Å². The quantitative estimate of drug-likeness (QED) is 0.852. The lowest BCUT2D eigenvalue weighted by Crippen LogP contribution is -2.37. The summed E-state index contributed by atoms with van der Waals surface area (Å²) >= 11 is 0. The average molecular weight is 295 g/mol. The molecule has 7 nitrogen and oxygen atoms in total. The number of hydrogen-bond acceptors (Lipinski definition) is 4. The zero-order valence-electron chi connectivity index (χ0n) is 12.5. The second-order valence-corrected chi connectivity index (χ2v) is 5.67. The molecule has 1 aromatic rings. The van der Waals surface area contributed by atoms with E-state index in [0.29, 0.717) is 18.7 Å². The van der Waals surface area contributed by atoms with Gasteiger partial charge in [-0.05, 0) is 18.4 Å². The molecular weight excluding hydrogens is 274 g/mol. The number of nitrogens with zero attached hydrogens (tertiary/aromatic N) is 2. The van der Waals surface area contributed by atoms with Gasteiger partial charge in [0.15, 0.2) is 0 Å². The summed E-state index contributed by atoms with van der Waals surface area (Å²) in [4.78, 5) is 25.0. The average Bonchev–Trinajstić information content (AvgIpc) is 3.03. The molecule has 2 atom stereocenters. The molecule has 2 unspecified atom stereocenters. The molecule has 7 heteroatoms. The Morgan fingerprint density at radius 1 is 1.57 bits per heavy atom. The Hall–Kier alpha value is -1.89. The number of H-pyrrole nitrogens is 1. The Morgan fingerprint density at radius 3 is 2.81 bits per heavy atom.